The molecule has 3 aromatic heterocycles. The molecule has 0 fully saturated rings. The fourth-order valence-electron chi connectivity index (χ4n) is 1.75. The standard InChI is InChI=1S/C18H17N3S6/c1-4-10-19-16(7-1)25-22-13-15(24-27-18-9-3-6-12-21-18)14-23-26-17-8-2-5-11-20-17/h1-12,15H,13-14H2. The zero-order chi connectivity index (χ0) is 18.6. The number of aromatic nitrogens is 3. The van der Waals surface area contributed by atoms with Gasteiger partial charge in [0.2, 0.25) is 0 Å². The summed E-state index contributed by atoms with van der Waals surface area (Å²) < 4.78 is 0. The molecule has 0 aliphatic carbocycles. The van der Waals surface area contributed by atoms with Gasteiger partial charge in [0, 0.05) is 35.3 Å². The Hall–Kier alpha value is -0.450. The number of hydrogen-bond acceptors (Lipinski definition) is 9. The van der Waals surface area contributed by atoms with Crippen molar-refractivity contribution in [2.75, 3.05) is 11.5 Å². The summed E-state index contributed by atoms with van der Waals surface area (Å²) in [5.74, 6) is 2.09. The Morgan fingerprint density at radius 2 is 1.04 bits per heavy atom. The molecule has 0 aromatic carbocycles. The van der Waals surface area contributed by atoms with Gasteiger partial charge in [-0.05, 0) is 68.8 Å². The molecule has 3 heterocycles. The van der Waals surface area contributed by atoms with Gasteiger partial charge >= 0.3 is 0 Å². The zero-order valence-electron chi connectivity index (χ0n) is 14.2. The van der Waals surface area contributed by atoms with E-state index in [4.69, 9.17) is 0 Å². The van der Waals surface area contributed by atoms with Crippen molar-refractivity contribution in [2.45, 2.75) is 20.3 Å². The summed E-state index contributed by atoms with van der Waals surface area (Å²) in [5, 5.41) is 3.66. The average molecular weight is 468 g/mol. The fraction of sp³-hybridized carbons (Fsp3) is 0.167. The predicted molar refractivity (Wildman–Crippen MR) is 127 cm³/mol. The average Bonchev–Trinajstić information content (AvgIpc) is 2.74. The number of rotatable bonds is 11. The second-order valence-corrected chi connectivity index (χ2v) is 12.3. The molecule has 0 atom stereocenters. The normalized spacial score (nSPS) is 11.0. The second kappa shape index (κ2) is 12.9. The van der Waals surface area contributed by atoms with Crippen LogP contribution in [-0.4, -0.2) is 31.7 Å². The molecule has 140 valence electrons. The van der Waals surface area contributed by atoms with Crippen LogP contribution in [-0.2, 0) is 0 Å². The van der Waals surface area contributed by atoms with Crippen molar-refractivity contribution >= 4 is 64.8 Å². The largest absolute Gasteiger partial charge is 0.249 e. The Morgan fingerprint density at radius 1 is 0.593 bits per heavy atom. The SMILES string of the molecule is c1ccc(SSCC(CSSc2ccccn2)SSc2ccccn2)nc1. The lowest BCUT2D eigenvalue weighted by Crippen LogP contribution is -2.07. The van der Waals surface area contributed by atoms with Gasteiger partial charge in [0.25, 0.3) is 0 Å². The minimum absolute atomic E-state index is 0.499. The van der Waals surface area contributed by atoms with E-state index in [1.807, 2.05) is 99.5 Å². The molecule has 0 bridgehead atoms. The van der Waals surface area contributed by atoms with Gasteiger partial charge in [-0.15, -0.1) is 0 Å². The topological polar surface area (TPSA) is 38.7 Å². The fourth-order valence-corrected chi connectivity index (χ4v) is 9.84. The van der Waals surface area contributed by atoms with Crippen LogP contribution in [0, 0.1) is 0 Å². The molecule has 3 nitrogen and oxygen atoms in total. The van der Waals surface area contributed by atoms with E-state index in [9.17, 15) is 0 Å². The van der Waals surface area contributed by atoms with Crippen LogP contribution in [0.3, 0.4) is 0 Å². The van der Waals surface area contributed by atoms with Crippen molar-refractivity contribution in [3.8, 4) is 0 Å². The first-order valence-electron chi connectivity index (χ1n) is 8.05. The highest BCUT2D eigenvalue weighted by atomic mass is 33.1. The number of nitrogens with zero attached hydrogens (tertiary/aromatic N) is 3. The van der Waals surface area contributed by atoms with Gasteiger partial charge in [0.1, 0.15) is 15.1 Å². The molecule has 0 aliphatic rings. The molecule has 0 radical (unpaired) electrons. The van der Waals surface area contributed by atoms with Crippen LogP contribution in [0.15, 0.2) is 88.3 Å². The van der Waals surface area contributed by atoms with E-state index in [-0.39, 0.29) is 0 Å². The van der Waals surface area contributed by atoms with Gasteiger partial charge in [0.05, 0.1) is 0 Å². The van der Waals surface area contributed by atoms with E-state index in [0.29, 0.717) is 5.25 Å². The third-order valence-electron chi connectivity index (χ3n) is 2.98. The summed E-state index contributed by atoms with van der Waals surface area (Å²) in [7, 11) is 10.8. The van der Waals surface area contributed by atoms with Gasteiger partial charge in [0.15, 0.2) is 0 Å². The maximum atomic E-state index is 4.40. The van der Waals surface area contributed by atoms with Gasteiger partial charge in [-0.1, -0.05) is 50.6 Å². The third kappa shape index (κ3) is 8.62. The maximum absolute atomic E-state index is 4.40. The summed E-state index contributed by atoms with van der Waals surface area (Å²) in [5.41, 5.74) is 0. The van der Waals surface area contributed by atoms with Crippen LogP contribution >= 0.6 is 64.8 Å². The Bertz CT molecular complexity index is 718. The molecule has 0 saturated heterocycles. The summed E-state index contributed by atoms with van der Waals surface area (Å²) in [6, 6.07) is 18.1. The van der Waals surface area contributed by atoms with Gasteiger partial charge in [-0.3, -0.25) is 0 Å². The summed E-state index contributed by atoms with van der Waals surface area (Å²) >= 11 is 0. The molecule has 0 spiro atoms. The third-order valence-corrected chi connectivity index (χ3v) is 10.8. The molecule has 0 saturated carbocycles. The molecule has 3 rings (SSSR count). The molecule has 3 aromatic rings. The van der Waals surface area contributed by atoms with Crippen molar-refractivity contribution < 1.29 is 0 Å². The van der Waals surface area contributed by atoms with Gasteiger partial charge in [-0.25, -0.2) is 15.0 Å². The molecule has 9 heteroatoms. The summed E-state index contributed by atoms with van der Waals surface area (Å²) in [4.78, 5) is 13.2. The minimum atomic E-state index is 0.499. The monoisotopic (exact) mass is 467 g/mol. The molecular weight excluding hydrogens is 451 g/mol. The van der Waals surface area contributed by atoms with Crippen molar-refractivity contribution in [2.24, 2.45) is 0 Å². The molecule has 0 amide bonds. The lowest BCUT2D eigenvalue weighted by molar-refractivity contribution is 1.14. The van der Waals surface area contributed by atoms with Gasteiger partial charge in [-0.2, -0.15) is 0 Å². The van der Waals surface area contributed by atoms with Crippen LogP contribution in [0.4, 0.5) is 0 Å². The van der Waals surface area contributed by atoms with Crippen LogP contribution in [0.5, 0.6) is 0 Å². The molecule has 0 N–H and O–H groups in total. The van der Waals surface area contributed by atoms with Crippen LogP contribution < -0.4 is 0 Å². The van der Waals surface area contributed by atoms with Gasteiger partial charge < -0.3 is 0 Å². The van der Waals surface area contributed by atoms with Crippen molar-refractivity contribution in [1.29, 1.82) is 0 Å². The van der Waals surface area contributed by atoms with Crippen molar-refractivity contribution in [3.05, 3.63) is 73.2 Å². The molecule has 0 unspecified atom stereocenters. The number of hydrogen-bond donors (Lipinski definition) is 0. The quantitative estimate of drug-likeness (QED) is 0.281. The Labute approximate surface area is 183 Å². The van der Waals surface area contributed by atoms with Crippen molar-refractivity contribution in [1.82, 2.24) is 15.0 Å². The lowest BCUT2D eigenvalue weighted by atomic mass is 10.5. The predicted octanol–water partition coefficient (Wildman–Crippen LogP) is 6.86. The Kier molecular flexibility index (Phi) is 10.2. The molecular formula is C18H17N3S6. The first kappa shape index (κ1) is 21.3. The first-order chi connectivity index (χ1) is 13.4. The van der Waals surface area contributed by atoms with Crippen LogP contribution in [0.2, 0.25) is 0 Å². The van der Waals surface area contributed by atoms with E-state index in [0.717, 1.165) is 26.6 Å². The minimum Gasteiger partial charge on any atom is -0.249 e. The Morgan fingerprint density at radius 3 is 1.44 bits per heavy atom. The van der Waals surface area contributed by atoms with E-state index >= 15 is 0 Å². The maximum Gasteiger partial charge on any atom is 0.106 e. The lowest BCUT2D eigenvalue weighted by Gasteiger charge is -2.14. The van der Waals surface area contributed by atoms with E-state index < -0.39 is 0 Å². The highest BCUT2D eigenvalue weighted by Gasteiger charge is 2.13. The highest BCUT2D eigenvalue weighted by Crippen LogP contribution is 2.41. The summed E-state index contributed by atoms with van der Waals surface area (Å²) in [6.07, 6.45) is 5.52. The zero-order valence-corrected chi connectivity index (χ0v) is 19.1. The first-order valence-corrected chi connectivity index (χ1v) is 14.9. The molecule has 0 aliphatic heterocycles. The number of pyridine rings is 3. The van der Waals surface area contributed by atoms with E-state index in [1.165, 1.54) is 0 Å². The smallest absolute Gasteiger partial charge is 0.106 e. The van der Waals surface area contributed by atoms with Crippen LogP contribution in [0.25, 0.3) is 0 Å². The second-order valence-electron chi connectivity index (χ2n) is 5.04. The Balaban J connectivity index is 1.47. The van der Waals surface area contributed by atoms with E-state index in [1.54, 1.807) is 32.4 Å². The van der Waals surface area contributed by atoms with E-state index in [2.05, 4.69) is 21.0 Å². The highest BCUT2D eigenvalue weighted by molar-refractivity contribution is 8.79. The summed E-state index contributed by atoms with van der Waals surface area (Å²) in [6.45, 7) is 0. The molecule has 27 heavy (non-hydrogen) atoms. The van der Waals surface area contributed by atoms with Crippen LogP contribution in [0.1, 0.15) is 0 Å². The van der Waals surface area contributed by atoms with Crippen molar-refractivity contribution in [3.63, 3.8) is 0 Å².